The summed E-state index contributed by atoms with van der Waals surface area (Å²) >= 11 is 7.71. The summed E-state index contributed by atoms with van der Waals surface area (Å²) in [5.41, 5.74) is 6.99. The Morgan fingerprint density at radius 1 is 1.23 bits per heavy atom. The van der Waals surface area contributed by atoms with Crippen LogP contribution in [0.4, 0.5) is 5.82 Å². The predicted molar refractivity (Wildman–Crippen MR) is 127 cm³/mol. The number of fused-ring (bicyclic) bond motifs is 1. The molecule has 0 saturated carbocycles. The van der Waals surface area contributed by atoms with E-state index in [9.17, 15) is 4.79 Å². The number of halogens is 1. The lowest BCUT2D eigenvalue weighted by atomic mass is 10.0. The van der Waals surface area contributed by atoms with Crippen molar-refractivity contribution in [1.29, 1.82) is 0 Å². The number of nitrogens with two attached hydrogens (primary N) is 1. The maximum absolute atomic E-state index is 12.7. The van der Waals surface area contributed by atoms with Crippen LogP contribution in [0, 0.1) is 0 Å². The zero-order valence-electron chi connectivity index (χ0n) is 16.3. The van der Waals surface area contributed by atoms with Crippen molar-refractivity contribution in [2.24, 2.45) is 0 Å². The fourth-order valence-corrected chi connectivity index (χ4v) is 4.48. The summed E-state index contributed by atoms with van der Waals surface area (Å²) in [7, 11) is 0. The lowest BCUT2D eigenvalue weighted by Crippen LogP contribution is -2.03. The number of rotatable bonds is 9. The first-order valence-electron chi connectivity index (χ1n) is 9.58. The number of pyridine rings is 1. The van der Waals surface area contributed by atoms with Gasteiger partial charge in [-0.2, -0.15) is 0 Å². The van der Waals surface area contributed by atoms with Gasteiger partial charge < -0.3 is 15.0 Å². The molecule has 3 aromatic heterocycles. The van der Waals surface area contributed by atoms with Gasteiger partial charge in [0.15, 0.2) is 5.78 Å². The first kappa shape index (κ1) is 22.9. The topological polar surface area (TPSA) is 83.0 Å². The number of aromatic nitrogens is 3. The van der Waals surface area contributed by atoms with Crippen molar-refractivity contribution in [1.82, 2.24) is 14.5 Å². The Labute approximate surface area is 190 Å². The third-order valence-corrected chi connectivity index (χ3v) is 6.42. The highest BCUT2D eigenvalue weighted by molar-refractivity contribution is 7.14. The van der Waals surface area contributed by atoms with Gasteiger partial charge in [0, 0.05) is 41.8 Å². The van der Waals surface area contributed by atoms with Crippen molar-refractivity contribution in [3.05, 3.63) is 75.6 Å². The number of Topliss-reactive ketones (excluding diaryl/α,β-unsaturated/α-hetero) is 1. The molecule has 0 saturated heterocycles. The number of benzene rings is 1. The minimum absolute atomic E-state index is 0. The Morgan fingerprint density at radius 2 is 2.10 bits per heavy atom. The van der Waals surface area contributed by atoms with Gasteiger partial charge in [0.1, 0.15) is 5.82 Å². The van der Waals surface area contributed by atoms with Crippen LogP contribution < -0.4 is 5.73 Å². The van der Waals surface area contributed by atoms with Gasteiger partial charge in [0.25, 0.3) is 0 Å². The summed E-state index contributed by atoms with van der Waals surface area (Å²) in [4.78, 5) is 22.3. The number of ketones is 1. The molecule has 6 nitrogen and oxygen atoms in total. The van der Waals surface area contributed by atoms with Crippen molar-refractivity contribution in [3.63, 3.8) is 0 Å². The zero-order valence-corrected chi connectivity index (χ0v) is 17.8. The molecule has 0 aliphatic heterocycles. The number of hydrogen-bond donors (Lipinski definition) is 1. The Balaban J connectivity index is 0.00000272. The molecule has 0 amide bonds. The molecule has 3 heterocycles. The fourth-order valence-electron chi connectivity index (χ4n) is 3.18. The highest BCUT2D eigenvalue weighted by Crippen LogP contribution is 2.29. The summed E-state index contributed by atoms with van der Waals surface area (Å²) in [5.74, 6) is 0.601. The predicted octanol–water partition coefficient (Wildman–Crippen LogP) is 5.40. The number of thiophene rings is 1. The van der Waals surface area contributed by atoms with E-state index in [4.69, 9.17) is 22.1 Å². The van der Waals surface area contributed by atoms with Crippen molar-refractivity contribution in [2.45, 2.75) is 33.4 Å². The van der Waals surface area contributed by atoms with E-state index in [0.29, 0.717) is 41.8 Å². The lowest BCUT2D eigenvalue weighted by molar-refractivity contribution is 0.0986. The van der Waals surface area contributed by atoms with Crippen LogP contribution in [0.15, 0.2) is 55.2 Å². The average Bonchev–Trinajstić information content (AvgIpc) is 3.39. The SMILES string of the molecule is C.Nc1nccc2cc(CCC(=O)c3cc(Cl)c(COCCn4ccnc4)s3)ccc12. The van der Waals surface area contributed by atoms with E-state index >= 15 is 0 Å². The van der Waals surface area contributed by atoms with Crippen LogP contribution in [-0.4, -0.2) is 26.9 Å². The molecule has 162 valence electrons. The number of carbonyl (C=O) groups is 1. The fraction of sp³-hybridized carbons (Fsp3) is 0.261. The van der Waals surface area contributed by atoms with Crippen LogP contribution >= 0.6 is 22.9 Å². The molecule has 0 aliphatic carbocycles. The van der Waals surface area contributed by atoms with E-state index in [1.165, 1.54) is 11.3 Å². The number of anilines is 1. The van der Waals surface area contributed by atoms with Crippen LogP contribution in [-0.2, 0) is 24.3 Å². The number of carbonyl (C=O) groups excluding carboxylic acids is 1. The molecule has 0 spiro atoms. The van der Waals surface area contributed by atoms with Crippen LogP contribution in [0.2, 0.25) is 5.02 Å². The molecule has 0 bridgehead atoms. The number of hydrogen-bond acceptors (Lipinski definition) is 6. The zero-order chi connectivity index (χ0) is 20.9. The van der Waals surface area contributed by atoms with E-state index in [1.54, 1.807) is 24.8 Å². The summed E-state index contributed by atoms with van der Waals surface area (Å²) in [5, 5.41) is 2.54. The molecule has 0 fully saturated rings. The Kier molecular flexibility index (Phi) is 7.79. The quantitative estimate of drug-likeness (QED) is 0.269. The van der Waals surface area contributed by atoms with E-state index in [1.807, 2.05) is 29.0 Å². The maximum Gasteiger partial charge on any atom is 0.173 e. The molecule has 0 aliphatic rings. The Bertz CT molecular complexity index is 1160. The maximum atomic E-state index is 12.7. The van der Waals surface area contributed by atoms with Crippen molar-refractivity contribution in [3.8, 4) is 0 Å². The molecular weight excluding hydrogens is 432 g/mol. The summed E-state index contributed by atoms with van der Waals surface area (Å²) in [6.07, 6.45) is 8.14. The lowest BCUT2D eigenvalue weighted by Gasteiger charge is -2.05. The first-order valence-corrected chi connectivity index (χ1v) is 10.8. The van der Waals surface area contributed by atoms with Crippen LogP contribution in [0.1, 0.15) is 34.0 Å². The average molecular weight is 457 g/mol. The minimum Gasteiger partial charge on any atom is -0.383 e. The molecule has 0 atom stereocenters. The Hall–Kier alpha value is -2.74. The summed E-state index contributed by atoms with van der Waals surface area (Å²) < 4.78 is 7.64. The van der Waals surface area contributed by atoms with Crippen LogP contribution in [0.5, 0.6) is 0 Å². The monoisotopic (exact) mass is 456 g/mol. The molecule has 1 aromatic carbocycles. The van der Waals surface area contributed by atoms with Gasteiger partial charge in [0.2, 0.25) is 0 Å². The molecule has 4 rings (SSSR count). The Morgan fingerprint density at radius 3 is 2.90 bits per heavy atom. The summed E-state index contributed by atoms with van der Waals surface area (Å²) in [6.45, 7) is 1.67. The molecule has 0 radical (unpaired) electrons. The highest BCUT2D eigenvalue weighted by atomic mass is 35.5. The van der Waals surface area contributed by atoms with Crippen molar-refractivity contribution >= 4 is 45.3 Å². The second-order valence-electron chi connectivity index (χ2n) is 6.91. The van der Waals surface area contributed by atoms with Gasteiger partial charge >= 0.3 is 0 Å². The van der Waals surface area contributed by atoms with Crippen LogP contribution in [0.3, 0.4) is 0 Å². The van der Waals surface area contributed by atoms with Gasteiger partial charge in [-0.3, -0.25) is 4.79 Å². The van der Waals surface area contributed by atoms with Gasteiger partial charge in [-0.1, -0.05) is 37.2 Å². The minimum atomic E-state index is 0. The van der Waals surface area contributed by atoms with E-state index < -0.39 is 0 Å². The van der Waals surface area contributed by atoms with Gasteiger partial charge in [-0.15, -0.1) is 11.3 Å². The number of nitrogens with zero attached hydrogens (tertiary/aromatic N) is 3. The number of ether oxygens (including phenoxy) is 1. The number of nitrogen functional groups attached to an aromatic ring is 1. The van der Waals surface area contributed by atoms with Gasteiger partial charge in [-0.25, -0.2) is 9.97 Å². The largest absolute Gasteiger partial charge is 0.383 e. The van der Waals surface area contributed by atoms with Gasteiger partial charge in [-0.05, 0) is 29.5 Å². The molecule has 31 heavy (non-hydrogen) atoms. The van der Waals surface area contributed by atoms with E-state index in [0.717, 1.165) is 27.8 Å². The van der Waals surface area contributed by atoms with Crippen molar-refractivity contribution in [2.75, 3.05) is 12.3 Å². The highest BCUT2D eigenvalue weighted by Gasteiger charge is 2.14. The standard InChI is InChI=1S/C22H21ClN4O2S.CH4/c23-18-12-20(30-21(18)13-29-10-9-27-8-7-25-14-27)19(28)4-2-15-1-3-17-16(11-15)5-6-26-22(17)24;/h1,3,5-8,11-12,14H,2,4,9-10,13H2,(H2,24,26);1H4. The van der Waals surface area contributed by atoms with Crippen LogP contribution in [0.25, 0.3) is 10.8 Å². The molecule has 8 heteroatoms. The van der Waals surface area contributed by atoms with Gasteiger partial charge in [0.05, 0.1) is 29.4 Å². The molecule has 0 unspecified atom stereocenters. The number of imidazole rings is 1. The summed E-state index contributed by atoms with van der Waals surface area (Å²) in [6, 6.07) is 9.68. The normalized spacial score (nSPS) is 10.9. The molecular formula is C23H25ClN4O2S. The smallest absolute Gasteiger partial charge is 0.173 e. The first-order chi connectivity index (χ1) is 14.6. The second-order valence-corrected chi connectivity index (χ2v) is 8.45. The van der Waals surface area contributed by atoms with Crippen molar-refractivity contribution < 1.29 is 9.53 Å². The second kappa shape index (κ2) is 10.5. The molecule has 4 aromatic rings. The van der Waals surface area contributed by atoms with E-state index in [2.05, 4.69) is 16.0 Å². The third-order valence-electron chi connectivity index (χ3n) is 4.82. The van der Waals surface area contributed by atoms with E-state index in [-0.39, 0.29) is 13.2 Å². The number of aryl methyl sites for hydroxylation is 1. The molecule has 2 N–H and O–H groups in total. The third kappa shape index (κ3) is 5.70.